The van der Waals surface area contributed by atoms with Crippen LogP contribution in [0.5, 0.6) is 0 Å². The van der Waals surface area contributed by atoms with Crippen molar-refractivity contribution in [2.45, 2.75) is 44.6 Å². The van der Waals surface area contributed by atoms with Crippen LogP contribution in [0.25, 0.3) is 0 Å². The van der Waals surface area contributed by atoms with Crippen molar-refractivity contribution < 1.29 is 9.90 Å². The third-order valence-corrected chi connectivity index (χ3v) is 4.11. The van der Waals surface area contributed by atoms with Crippen molar-refractivity contribution in [3.05, 3.63) is 0 Å². The van der Waals surface area contributed by atoms with E-state index in [1.54, 1.807) is 11.9 Å². The molecule has 2 rings (SSSR count). The molecule has 0 saturated heterocycles. The minimum Gasteiger partial charge on any atom is -0.395 e. The monoisotopic (exact) mass is 240 g/mol. The number of hydrogen-bond donors (Lipinski definition) is 2. The van der Waals surface area contributed by atoms with Crippen LogP contribution in [0.15, 0.2) is 0 Å². The van der Waals surface area contributed by atoms with Gasteiger partial charge < -0.3 is 15.3 Å². The van der Waals surface area contributed by atoms with Crippen LogP contribution in [0.1, 0.15) is 38.5 Å². The lowest BCUT2D eigenvalue weighted by molar-refractivity contribution is 0.178. The molecule has 0 aromatic heterocycles. The number of rotatable bonds is 4. The fourth-order valence-corrected chi connectivity index (χ4v) is 2.89. The summed E-state index contributed by atoms with van der Waals surface area (Å²) >= 11 is 0. The first kappa shape index (κ1) is 12.7. The number of carbonyl (C=O) groups excluding carboxylic acids is 1. The third kappa shape index (κ3) is 3.60. The number of carbonyl (C=O) groups is 1. The summed E-state index contributed by atoms with van der Waals surface area (Å²) in [5, 5.41) is 11.9. The molecule has 0 radical (unpaired) electrons. The summed E-state index contributed by atoms with van der Waals surface area (Å²) in [5.41, 5.74) is 0. The Morgan fingerprint density at radius 3 is 2.71 bits per heavy atom. The topological polar surface area (TPSA) is 52.6 Å². The number of likely N-dealkylation sites (N-methyl/N-ethyl adjacent to an activating group) is 1. The third-order valence-electron chi connectivity index (χ3n) is 4.11. The lowest BCUT2D eigenvalue weighted by Gasteiger charge is -2.31. The maximum Gasteiger partial charge on any atom is 0.317 e. The van der Waals surface area contributed by atoms with E-state index in [1.165, 1.54) is 25.7 Å². The van der Waals surface area contributed by atoms with E-state index >= 15 is 0 Å². The maximum absolute atomic E-state index is 11.8. The number of amides is 2. The van der Waals surface area contributed by atoms with E-state index in [-0.39, 0.29) is 12.6 Å². The summed E-state index contributed by atoms with van der Waals surface area (Å²) < 4.78 is 0. The van der Waals surface area contributed by atoms with E-state index in [4.69, 9.17) is 5.11 Å². The maximum atomic E-state index is 11.8. The van der Waals surface area contributed by atoms with Gasteiger partial charge in [0.1, 0.15) is 0 Å². The number of aliphatic hydroxyl groups excluding tert-OH is 1. The Bertz CT molecular complexity index is 266. The Morgan fingerprint density at radius 1 is 1.29 bits per heavy atom. The van der Waals surface area contributed by atoms with E-state index in [0.717, 1.165) is 24.7 Å². The summed E-state index contributed by atoms with van der Waals surface area (Å²) in [5.74, 6) is 1.79. The van der Waals surface area contributed by atoms with Crippen LogP contribution >= 0.6 is 0 Å². The van der Waals surface area contributed by atoms with Gasteiger partial charge in [-0.2, -0.15) is 0 Å². The van der Waals surface area contributed by atoms with Crippen molar-refractivity contribution in [3.63, 3.8) is 0 Å². The summed E-state index contributed by atoms with van der Waals surface area (Å²) in [4.78, 5) is 13.4. The molecule has 17 heavy (non-hydrogen) atoms. The van der Waals surface area contributed by atoms with Crippen LogP contribution in [-0.2, 0) is 0 Å². The van der Waals surface area contributed by atoms with Crippen LogP contribution in [0, 0.1) is 11.8 Å². The van der Waals surface area contributed by atoms with Gasteiger partial charge in [0, 0.05) is 19.6 Å². The predicted molar refractivity (Wildman–Crippen MR) is 66.7 cm³/mol. The SMILES string of the molecule is CN(CCO)C(=O)NC1CCCC(C2CC2)C1. The molecule has 0 aromatic carbocycles. The molecule has 2 saturated carbocycles. The predicted octanol–water partition coefficient (Wildman–Crippen LogP) is 1.59. The zero-order valence-electron chi connectivity index (χ0n) is 10.7. The fourth-order valence-electron chi connectivity index (χ4n) is 2.89. The summed E-state index contributed by atoms with van der Waals surface area (Å²) in [7, 11) is 1.73. The molecule has 98 valence electrons. The number of aliphatic hydroxyl groups is 1. The average molecular weight is 240 g/mol. The lowest BCUT2D eigenvalue weighted by Crippen LogP contribution is -2.45. The number of hydrogen-bond acceptors (Lipinski definition) is 2. The van der Waals surface area contributed by atoms with Crippen LogP contribution < -0.4 is 5.32 Å². The standard InChI is InChI=1S/C13H24N2O2/c1-15(7-8-16)13(17)14-12-4-2-3-11(9-12)10-5-6-10/h10-12,16H,2-9H2,1H3,(H,14,17). The van der Waals surface area contributed by atoms with Gasteiger partial charge in [-0.25, -0.2) is 4.79 Å². The Hall–Kier alpha value is -0.770. The van der Waals surface area contributed by atoms with Crippen molar-refractivity contribution >= 4 is 6.03 Å². The van der Waals surface area contributed by atoms with Crippen LogP contribution in [0.4, 0.5) is 4.79 Å². The molecule has 2 atom stereocenters. The van der Waals surface area contributed by atoms with Gasteiger partial charge in [0.05, 0.1) is 6.61 Å². The molecule has 0 heterocycles. The van der Waals surface area contributed by atoms with Crippen molar-refractivity contribution in [2.24, 2.45) is 11.8 Å². The number of urea groups is 1. The van der Waals surface area contributed by atoms with E-state index < -0.39 is 0 Å². The molecule has 2 aliphatic rings. The quantitative estimate of drug-likeness (QED) is 0.784. The molecule has 0 spiro atoms. The van der Waals surface area contributed by atoms with Crippen molar-refractivity contribution in [3.8, 4) is 0 Å². The van der Waals surface area contributed by atoms with E-state index in [1.807, 2.05) is 0 Å². The smallest absolute Gasteiger partial charge is 0.317 e. The lowest BCUT2D eigenvalue weighted by atomic mass is 9.83. The Balaban J connectivity index is 1.75. The minimum atomic E-state index is -0.0412. The van der Waals surface area contributed by atoms with E-state index in [2.05, 4.69) is 5.32 Å². The summed E-state index contributed by atoms with van der Waals surface area (Å²) in [6, 6.07) is 0.309. The molecule has 2 fully saturated rings. The van der Waals surface area contributed by atoms with Gasteiger partial charge in [-0.1, -0.05) is 12.8 Å². The molecule has 2 amide bonds. The van der Waals surface area contributed by atoms with Crippen LogP contribution in [0.3, 0.4) is 0 Å². The minimum absolute atomic E-state index is 0.0271. The van der Waals surface area contributed by atoms with Gasteiger partial charge in [-0.15, -0.1) is 0 Å². The molecule has 2 unspecified atom stereocenters. The van der Waals surface area contributed by atoms with Gasteiger partial charge in [0.2, 0.25) is 0 Å². The number of nitrogens with zero attached hydrogens (tertiary/aromatic N) is 1. The molecular formula is C13H24N2O2. The van der Waals surface area contributed by atoms with Gasteiger partial charge >= 0.3 is 6.03 Å². The largest absolute Gasteiger partial charge is 0.395 e. The second-order valence-corrected chi connectivity index (χ2v) is 5.56. The van der Waals surface area contributed by atoms with Crippen molar-refractivity contribution in [2.75, 3.05) is 20.2 Å². The molecule has 0 aromatic rings. The highest BCUT2D eigenvalue weighted by Crippen LogP contribution is 2.43. The molecule has 4 nitrogen and oxygen atoms in total. The molecule has 2 N–H and O–H groups in total. The van der Waals surface area contributed by atoms with E-state index in [0.29, 0.717) is 12.6 Å². The molecule has 0 bridgehead atoms. The first-order valence-corrected chi connectivity index (χ1v) is 6.83. The van der Waals surface area contributed by atoms with Gasteiger partial charge in [-0.3, -0.25) is 0 Å². The molecule has 4 heteroatoms. The fraction of sp³-hybridized carbons (Fsp3) is 0.923. The van der Waals surface area contributed by atoms with Crippen LogP contribution in [-0.4, -0.2) is 42.3 Å². The summed E-state index contributed by atoms with van der Waals surface area (Å²) in [6.07, 6.45) is 7.66. The summed E-state index contributed by atoms with van der Waals surface area (Å²) in [6.45, 7) is 0.434. The highest BCUT2D eigenvalue weighted by molar-refractivity contribution is 5.74. The van der Waals surface area contributed by atoms with Gasteiger partial charge in [0.25, 0.3) is 0 Å². The van der Waals surface area contributed by atoms with Crippen molar-refractivity contribution in [1.82, 2.24) is 10.2 Å². The van der Waals surface area contributed by atoms with Gasteiger partial charge in [0.15, 0.2) is 0 Å². The zero-order valence-corrected chi connectivity index (χ0v) is 10.7. The highest BCUT2D eigenvalue weighted by Gasteiger charge is 2.35. The van der Waals surface area contributed by atoms with Gasteiger partial charge in [-0.05, 0) is 37.5 Å². The molecular weight excluding hydrogens is 216 g/mol. The Kier molecular flexibility index (Phi) is 4.26. The Labute approximate surface area is 103 Å². The second kappa shape index (κ2) is 5.71. The first-order chi connectivity index (χ1) is 8.20. The van der Waals surface area contributed by atoms with Crippen molar-refractivity contribution in [1.29, 1.82) is 0 Å². The second-order valence-electron chi connectivity index (χ2n) is 5.56. The average Bonchev–Trinajstić information content (AvgIpc) is 3.13. The number of nitrogens with one attached hydrogen (secondary N) is 1. The molecule has 0 aliphatic heterocycles. The van der Waals surface area contributed by atoms with E-state index in [9.17, 15) is 4.79 Å². The molecule has 2 aliphatic carbocycles. The highest BCUT2D eigenvalue weighted by atomic mass is 16.3. The normalized spacial score (nSPS) is 28.8. The Morgan fingerprint density at radius 2 is 2.06 bits per heavy atom. The first-order valence-electron chi connectivity index (χ1n) is 6.83. The van der Waals surface area contributed by atoms with Crippen LogP contribution in [0.2, 0.25) is 0 Å². The zero-order chi connectivity index (χ0) is 12.3.